The van der Waals surface area contributed by atoms with Gasteiger partial charge in [-0.25, -0.2) is 0 Å². The molecule has 0 bridgehead atoms. The van der Waals surface area contributed by atoms with Crippen molar-refractivity contribution in [2.75, 3.05) is 7.11 Å². The Labute approximate surface area is 68.2 Å². The Morgan fingerprint density at radius 3 is 2.09 bits per heavy atom. The maximum Gasteiger partial charge on any atom is 0.0838 e. The number of hydrogen-bond acceptors (Lipinski definition) is 2. The van der Waals surface area contributed by atoms with E-state index in [1.807, 2.05) is 0 Å². The predicted octanol–water partition coefficient (Wildman–Crippen LogP) is 1.96. The van der Waals surface area contributed by atoms with E-state index in [4.69, 9.17) is 10.00 Å². The molecule has 1 unspecified atom stereocenters. The molecule has 62 valence electrons. The van der Waals surface area contributed by atoms with Crippen molar-refractivity contribution < 1.29 is 4.74 Å². The van der Waals surface area contributed by atoms with Crippen LogP contribution in [0.5, 0.6) is 0 Å². The fourth-order valence-corrected chi connectivity index (χ4v) is 1.73. The van der Waals surface area contributed by atoms with Crippen LogP contribution in [0.4, 0.5) is 0 Å². The lowest BCUT2D eigenvalue weighted by atomic mass is 9.91. The third-order valence-corrected chi connectivity index (χ3v) is 2.42. The van der Waals surface area contributed by atoms with Crippen molar-refractivity contribution in [3.63, 3.8) is 0 Å². The maximum absolute atomic E-state index is 8.88. The van der Waals surface area contributed by atoms with Gasteiger partial charge in [0.2, 0.25) is 0 Å². The maximum atomic E-state index is 8.88. The fourth-order valence-electron chi connectivity index (χ4n) is 1.73. The van der Waals surface area contributed by atoms with Crippen LogP contribution in [-0.4, -0.2) is 13.2 Å². The molecule has 0 aromatic rings. The SMILES string of the molecule is COC(C(C)C)C1(C#N)CC1. The van der Waals surface area contributed by atoms with Gasteiger partial charge in [0.15, 0.2) is 0 Å². The van der Waals surface area contributed by atoms with E-state index in [0.29, 0.717) is 5.92 Å². The summed E-state index contributed by atoms with van der Waals surface area (Å²) in [6, 6.07) is 2.36. The quantitative estimate of drug-likeness (QED) is 0.621. The first-order valence-corrected chi connectivity index (χ1v) is 4.10. The zero-order valence-corrected chi connectivity index (χ0v) is 7.42. The second-order valence-corrected chi connectivity index (χ2v) is 3.67. The van der Waals surface area contributed by atoms with Gasteiger partial charge in [0, 0.05) is 7.11 Å². The van der Waals surface area contributed by atoms with Crippen molar-refractivity contribution >= 4 is 0 Å². The van der Waals surface area contributed by atoms with Gasteiger partial charge in [-0.3, -0.25) is 0 Å². The van der Waals surface area contributed by atoms with Crippen LogP contribution >= 0.6 is 0 Å². The van der Waals surface area contributed by atoms with Crippen LogP contribution in [-0.2, 0) is 4.74 Å². The number of nitriles is 1. The van der Waals surface area contributed by atoms with E-state index in [-0.39, 0.29) is 11.5 Å². The smallest absolute Gasteiger partial charge is 0.0838 e. The normalized spacial score (nSPS) is 22.8. The summed E-state index contributed by atoms with van der Waals surface area (Å²) in [6.45, 7) is 4.21. The Morgan fingerprint density at radius 2 is 2.00 bits per heavy atom. The zero-order chi connectivity index (χ0) is 8.48. The molecule has 2 heteroatoms. The number of methoxy groups -OCH3 is 1. The van der Waals surface area contributed by atoms with Gasteiger partial charge in [-0.1, -0.05) is 13.8 Å². The fraction of sp³-hybridized carbons (Fsp3) is 0.889. The van der Waals surface area contributed by atoms with Gasteiger partial charge < -0.3 is 4.74 Å². The van der Waals surface area contributed by atoms with Gasteiger partial charge in [-0.15, -0.1) is 0 Å². The van der Waals surface area contributed by atoms with E-state index in [2.05, 4.69) is 19.9 Å². The van der Waals surface area contributed by atoms with E-state index in [9.17, 15) is 0 Å². The van der Waals surface area contributed by atoms with Crippen molar-refractivity contribution in [1.82, 2.24) is 0 Å². The molecule has 0 aromatic heterocycles. The molecule has 0 aliphatic heterocycles. The van der Waals surface area contributed by atoms with Gasteiger partial charge in [0.25, 0.3) is 0 Å². The van der Waals surface area contributed by atoms with E-state index in [1.165, 1.54) is 0 Å². The molecule has 1 aliphatic carbocycles. The topological polar surface area (TPSA) is 33.0 Å². The molecule has 0 radical (unpaired) electrons. The molecule has 0 amide bonds. The van der Waals surface area contributed by atoms with Crippen molar-refractivity contribution in [3.05, 3.63) is 0 Å². The number of hydrogen-bond donors (Lipinski definition) is 0. The lowest BCUT2D eigenvalue weighted by Crippen LogP contribution is -2.28. The summed E-state index contributed by atoms with van der Waals surface area (Å²) < 4.78 is 5.31. The van der Waals surface area contributed by atoms with Crippen molar-refractivity contribution in [1.29, 1.82) is 5.26 Å². The lowest BCUT2D eigenvalue weighted by Gasteiger charge is -2.23. The highest BCUT2D eigenvalue weighted by atomic mass is 16.5. The van der Waals surface area contributed by atoms with Crippen LogP contribution in [0.1, 0.15) is 26.7 Å². The second-order valence-electron chi connectivity index (χ2n) is 3.67. The average Bonchev–Trinajstić information content (AvgIpc) is 2.70. The molecule has 0 N–H and O–H groups in total. The molecular formula is C9H15NO. The summed E-state index contributed by atoms with van der Waals surface area (Å²) in [4.78, 5) is 0. The number of nitrogens with zero attached hydrogens (tertiary/aromatic N) is 1. The largest absolute Gasteiger partial charge is 0.380 e. The number of rotatable bonds is 3. The summed E-state index contributed by atoms with van der Waals surface area (Å²) in [5.41, 5.74) is -0.136. The molecular weight excluding hydrogens is 138 g/mol. The van der Waals surface area contributed by atoms with Gasteiger partial charge >= 0.3 is 0 Å². The van der Waals surface area contributed by atoms with Crippen LogP contribution in [0.15, 0.2) is 0 Å². The van der Waals surface area contributed by atoms with E-state index >= 15 is 0 Å². The third kappa shape index (κ3) is 1.39. The highest BCUT2D eigenvalue weighted by molar-refractivity contribution is 5.14. The molecule has 0 saturated heterocycles. The minimum absolute atomic E-state index is 0.132. The molecule has 1 aliphatic rings. The minimum Gasteiger partial charge on any atom is -0.380 e. The third-order valence-electron chi connectivity index (χ3n) is 2.42. The Balaban J connectivity index is 2.63. The van der Waals surface area contributed by atoms with Gasteiger partial charge in [0.05, 0.1) is 17.6 Å². The van der Waals surface area contributed by atoms with Crippen LogP contribution in [0.2, 0.25) is 0 Å². The first-order chi connectivity index (χ1) is 5.16. The van der Waals surface area contributed by atoms with Crippen LogP contribution in [0.3, 0.4) is 0 Å². The summed E-state index contributed by atoms with van der Waals surface area (Å²) >= 11 is 0. The van der Waals surface area contributed by atoms with E-state index < -0.39 is 0 Å². The minimum atomic E-state index is -0.136. The first-order valence-electron chi connectivity index (χ1n) is 4.10. The molecule has 1 saturated carbocycles. The molecule has 2 nitrogen and oxygen atoms in total. The Kier molecular flexibility index (Phi) is 2.20. The van der Waals surface area contributed by atoms with Gasteiger partial charge in [0.1, 0.15) is 0 Å². The standard InChI is InChI=1S/C9H15NO/c1-7(2)8(11-3)9(6-10)4-5-9/h7-8H,4-5H2,1-3H3. The Hall–Kier alpha value is -0.550. The molecule has 11 heavy (non-hydrogen) atoms. The van der Waals surface area contributed by atoms with Crippen LogP contribution < -0.4 is 0 Å². The van der Waals surface area contributed by atoms with E-state index in [1.54, 1.807) is 7.11 Å². The predicted molar refractivity (Wildman–Crippen MR) is 42.9 cm³/mol. The second kappa shape index (κ2) is 2.83. The lowest BCUT2D eigenvalue weighted by molar-refractivity contribution is 0.0255. The Bertz CT molecular complexity index is 176. The highest BCUT2D eigenvalue weighted by Gasteiger charge is 2.51. The monoisotopic (exact) mass is 153 g/mol. The van der Waals surface area contributed by atoms with Gasteiger partial charge in [-0.05, 0) is 18.8 Å². The zero-order valence-electron chi connectivity index (χ0n) is 7.42. The molecule has 0 spiro atoms. The molecule has 0 aromatic carbocycles. The Morgan fingerprint density at radius 1 is 1.45 bits per heavy atom. The molecule has 1 rings (SSSR count). The van der Waals surface area contributed by atoms with Gasteiger partial charge in [-0.2, -0.15) is 5.26 Å². The molecule has 0 heterocycles. The van der Waals surface area contributed by atoms with Crippen LogP contribution in [0, 0.1) is 22.7 Å². The first kappa shape index (κ1) is 8.55. The average molecular weight is 153 g/mol. The van der Waals surface area contributed by atoms with Crippen LogP contribution in [0.25, 0.3) is 0 Å². The molecule has 1 atom stereocenters. The summed E-state index contributed by atoms with van der Waals surface area (Å²) in [5, 5.41) is 8.88. The highest BCUT2D eigenvalue weighted by Crippen LogP contribution is 2.51. The van der Waals surface area contributed by atoms with Crippen molar-refractivity contribution in [3.8, 4) is 6.07 Å². The van der Waals surface area contributed by atoms with E-state index in [0.717, 1.165) is 12.8 Å². The summed E-state index contributed by atoms with van der Waals surface area (Å²) in [5.74, 6) is 0.446. The summed E-state index contributed by atoms with van der Waals surface area (Å²) in [7, 11) is 1.70. The summed E-state index contributed by atoms with van der Waals surface area (Å²) in [6.07, 6.45) is 2.16. The molecule has 1 fully saturated rings. The van der Waals surface area contributed by atoms with Crippen molar-refractivity contribution in [2.45, 2.75) is 32.8 Å². The number of ether oxygens (including phenoxy) is 1. The van der Waals surface area contributed by atoms with Crippen molar-refractivity contribution in [2.24, 2.45) is 11.3 Å².